The number of aryl methyl sites for hydroxylation is 1. The van der Waals surface area contributed by atoms with Crippen LogP contribution in [0.2, 0.25) is 5.02 Å². The minimum atomic E-state index is -0.117. The van der Waals surface area contributed by atoms with Crippen LogP contribution in [0.4, 0.5) is 15.6 Å². The summed E-state index contributed by atoms with van der Waals surface area (Å²) in [6.07, 6.45) is 2.67. The van der Waals surface area contributed by atoms with E-state index in [0.29, 0.717) is 23.8 Å². The third-order valence-corrected chi connectivity index (χ3v) is 5.93. The Kier molecular flexibility index (Phi) is 5.13. The van der Waals surface area contributed by atoms with Crippen LogP contribution in [0.5, 0.6) is 0 Å². The molecule has 0 saturated carbocycles. The normalized spacial score (nSPS) is 15.0. The van der Waals surface area contributed by atoms with Gasteiger partial charge in [-0.1, -0.05) is 29.0 Å². The van der Waals surface area contributed by atoms with E-state index >= 15 is 0 Å². The molecule has 2 aromatic heterocycles. The molecule has 1 aromatic carbocycles. The number of hydrogen-bond acceptors (Lipinski definition) is 5. The van der Waals surface area contributed by atoms with Gasteiger partial charge in [-0.05, 0) is 43.2 Å². The molecule has 0 spiro atoms. The maximum absolute atomic E-state index is 12.7. The van der Waals surface area contributed by atoms with Gasteiger partial charge in [0.25, 0.3) is 0 Å². The summed E-state index contributed by atoms with van der Waals surface area (Å²) < 4.78 is 0. The summed E-state index contributed by atoms with van der Waals surface area (Å²) in [6.45, 7) is 4.93. The van der Waals surface area contributed by atoms with Crippen molar-refractivity contribution in [2.75, 3.05) is 36.4 Å². The molecule has 1 N–H and O–H groups in total. The molecule has 6 nitrogen and oxygen atoms in total. The molecule has 140 valence electrons. The van der Waals surface area contributed by atoms with E-state index in [-0.39, 0.29) is 6.03 Å². The van der Waals surface area contributed by atoms with Crippen LogP contribution in [0.25, 0.3) is 10.3 Å². The van der Waals surface area contributed by atoms with Gasteiger partial charge in [-0.2, -0.15) is 0 Å². The molecule has 3 heterocycles. The molecule has 2 amide bonds. The molecule has 27 heavy (non-hydrogen) atoms. The maximum atomic E-state index is 12.7. The van der Waals surface area contributed by atoms with Crippen LogP contribution in [0.15, 0.2) is 36.5 Å². The third kappa shape index (κ3) is 3.99. The summed E-state index contributed by atoms with van der Waals surface area (Å²) in [5.41, 5.74) is 2.63. The summed E-state index contributed by atoms with van der Waals surface area (Å²) in [4.78, 5) is 26.7. The number of halogens is 1. The number of fused-ring (bicyclic) bond motifs is 1. The second kappa shape index (κ2) is 7.70. The van der Waals surface area contributed by atoms with Crippen LogP contribution in [-0.2, 0) is 0 Å². The number of amides is 2. The highest BCUT2D eigenvalue weighted by atomic mass is 35.5. The van der Waals surface area contributed by atoms with Crippen LogP contribution in [0.3, 0.4) is 0 Å². The smallest absolute Gasteiger partial charge is 0.321 e. The second-order valence-electron chi connectivity index (χ2n) is 6.57. The number of anilines is 2. The van der Waals surface area contributed by atoms with E-state index in [1.807, 2.05) is 42.2 Å². The van der Waals surface area contributed by atoms with Crippen molar-refractivity contribution in [1.82, 2.24) is 14.9 Å². The van der Waals surface area contributed by atoms with E-state index in [9.17, 15) is 4.79 Å². The average Bonchev–Trinajstić information content (AvgIpc) is 2.93. The Morgan fingerprint density at radius 1 is 1.22 bits per heavy atom. The minimum Gasteiger partial charge on any atom is -0.346 e. The van der Waals surface area contributed by atoms with E-state index in [1.54, 1.807) is 17.5 Å². The van der Waals surface area contributed by atoms with Gasteiger partial charge in [0, 0.05) is 32.4 Å². The zero-order valence-electron chi connectivity index (χ0n) is 15.0. The molecule has 3 aromatic rings. The van der Waals surface area contributed by atoms with Gasteiger partial charge in [0.05, 0.1) is 10.7 Å². The van der Waals surface area contributed by atoms with Crippen LogP contribution in [0.1, 0.15) is 12.0 Å². The molecular formula is C19H20ClN5OS. The SMILES string of the molecule is Cc1ccc(NC(=O)N2CCCN(c3nc4cccnc4s3)CC2)c(Cl)c1. The quantitative estimate of drug-likeness (QED) is 0.691. The fourth-order valence-electron chi connectivity index (χ4n) is 3.12. The van der Waals surface area contributed by atoms with Gasteiger partial charge in [0.2, 0.25) is 0 Å². The van der Waals surface area contributed by atoms with Crippen LogP contribution < -0.4 is 10.2 Å². The lowest BCUT2D eigenvalue weighted by Gasteiger charge is -2.22. The molecule has 4 rings (SSSR count). The Hall–Kier alpha value is -2.38. The molecule has 0 aliphatic carbocycles. The number of rotatable bonds is 2. The number of carbonyl (C=O) groups is 1. The number of nitrogens with zero attached hydrogens (tertiary/aromatic N) is 4. The first-order valence-electron chi connectivity index (χ1n) is 8.89. The van der Waals surface area contributed by atoms with E-state index in [2.05, 4.69) is 20.2 Å². The number of pyridine rings is 1. The maximum Gasteiger partial charge on any atom is 0.321 e. The fourth-order valence-corrected chi connectivity index (χ4v) is 4.36. The molecule has 1 fully saturated rings. The molecule has 8 heteroatoms. The van der Waals surface area contributed by atoms with Gasteiger partial charge >= 0.3 is 6.03 Å². The summed E-state index contributed by atoms with van der Waals surface area (Å²) in [5, 5.41) is 4.45. The molecule has 0 unspecified atom stereocenters. The van der Waals surface area contributed by atoms with E-state index in [4.69, 9.17) is 11.6 Å². The van der Waals surface area contributed by atoms with Crippen LogP contribution in [0, 0.1) is 6.92 Å². The Morgan fingerprint density at radius 3 is 2.93 bits per heavy atom. The molecule has 1 aliphatic rings. The largest absolute Gasteiger partial charge is 0.346 e. The number of aromatic nitrogens is 2. The first-order valence-corrected chi connectivity index (χ1v) is 10.1. The van der Waals surface area contributed by atoms with Crippen molar-refractivity contribution in [3.63, 3.8) is 0 Å². The highest BCUT2D eigenvalue weighted by Crippen LogP contribution is 2.28. The standard InChI is InChI=1S/C19H20ClN5OS/c1-13-5-6-15(14(20)12-13)22-18(26)24-8-3-9-25(11-10-24)19-23-16-4-2-7-21-17(16)27-19/h2,4-7,12H,3,8-11H2,1H3,(H,22,26). The number of thiazole rings is 1. The molecule has 1 aliphatic heterocycles. The number of nitrogens with one attached hydrogen (secondary N) is 1. The topological polar surface area (TPSA) is 61.4 Å². The Balaban J connectivity index is 1.42. The predicted molar refractivity (Wildman–Crippen MR) is 111 cm³/mol. The molecule has 0 radical (unpaired) electrons. The zero-order chi connectivity index (χ0) is 18.8. The summed E-state index contributed by atoms with van der Waals surface area (Å²) >= 11 is 7.83. The summed E-state index contributed by atoms with van der Waals surface area (Å²) in [5.74, 6) is 0. The highest BCUT2D eigenvalue weighted by molar-refractivity contribution is 7.21. The highest BCUT2D eigenvalue weighted by Gasteiger charge is 2.21. The monoisotopic (exact) mass is 401 g/mol. The first-order chi connectivity index (χ1) is 13.1. The van der Waals surface area contributed by atoms with Gasteiger partial charge < -0.3 is 15.1 Å². The first kappa shape index (κ1) is 18.0. The number of hydrogen-bond donors (Lipinski definition) is 1. The van der Waals surface area contributed by atoms with Crippen molar-refractivity contribution in [2.45, 2.75) is 13.3 Å². The van der Waals surface area contributed by atoms with Crippen molar-refractivity contribution in [3.05, 3.63) is 47.1 Å². The number of benzene rings is 1. The van der Waals surface area contributed by atoms with Crippen LogP contribution >= 0.6 is 22.9 Å². The molecule has 0 bridgehead atoms. The van der Waals surface area contributed by atoms with Crippen LogP contribution in [-0.4, -0.2) is 47.1 Å². The Morgan fingerprint density at radius 2 is 2.11 bits per heavy atom. The van der Waals surface area contributed by atoms with Gasteiger partial charge in [-0.15, -0.1) is 0 Å². The van der Waals surface area contributed by atoms with E-state index in [0.717, 1.165) is 40.6 Å². The lowest BCUT2D eigenvalue weighted by molar-refractivity contribution is 0.215. The Bertz CT molecular complexity index is 943. The number of carbonyl (C=O) groups excluding carboxylic acids is 1. The second-order valence-corrected chi connectivity index (χ2v) is 7.93. The summed E-state index contributed by atoms with van der Waals surface area (Å²) in [7, 11) is 0. The zero-order valence-corrected chi connectivity index (χ0v) is 16.6. The summed E-state index contributed by atoms with van der Waals surface area (Å²) in [6, 6.07) is 9.39. The molecule has 1 saturated heterocycles. The predicted octanol–water partition coefficient (Wildman–Crippen LogP) is 4.40. The van der Waals surface area contributed by atoms with Gasteiger partial charge in [-0.25, -0.2) is 14.8 Å². The molecule has 0 atom stereocenters. The van der Waals surface area contributed by atoms with Gasteiger partial charge in [0.15, 0.2) is 5.13 Å². The van der Waals surface area contributed by atoms with E-state index < -0.39 is 0 Å². The molecular weight excluding hydrogens is 382 g/mol. The third-order valence-electron chi connectivity index (χ3n) is 4.57. The van der Waals surface area contributed by atoms with E-state index in [1.165, 1.54) is 0 Å². The lowest BCUT2D eigenvalue weighted by Crippen LogP contribution is -2.38. The van der Waals surface area contributed by atoms with Gasteiger partial charge in [0.1, 0.15) is 10.3 Å². The Labute approximate surface area is 166 Å². The van der Waals surface area contributed by atoms with Crippen molar-refractivity contribution >= 4 is 50.1 Å². The number of urea groups is 1. The van der Waals surface area contributed by atoms with Crippen molar-refractivity contribution in [3.8, 4) is 0 Å². The fraction of sp³-hybridized carbons (Fsp3) is 0.316. The van der Waals surface area contributed by atoms with Crippen molar-refractivity contribution in [1.29, 1.82) is 0 Å². The lowest BCUT2D eigenvalue weighted by atomic mass is 10.2. The minimum absolute atomic E-state index is 0.117. The van der Waals surface area contributed by atoms with Crippen molar-refractivity contribution in [2.24, 2.45) is 0 Å². The average molecular weight is 402 g/mol. The van der Waals surface area contributed by atoms with Crippen molar-refractivity contribution < 1.29 is 4.79 Å². The van der Waals surface area contributed by atoms with Gasteiger partial charge in [-0.3, -0.25) is 0 Å².